The third-order valence-corrected chi connectivity index (χ3v) is 1.76. The quantitative estimate of drug-likeness (QED) is 0.643. The van der Waals surface area contributed by atoms with Crippen LogP contribution in [-0.2, 0) is 4.74 Å². The average molecular weight is 170 g/mol. The highest BCUT2D eigenvalue weighted by Crippen LogP contribution is 2.00. The maximum Gasteiger partial charge on any atom is 0.0964 e. The van der Waals surface area contributed by atoms with Crippen LogP contribution < -0.4 is 5.32 Å². The molecule has 0 saturated carbocycles. The summed E-state index contributed by atoms with van der Waals surface area (Å²) < 4.78 is 5.38. The van der Waals surface area contributed by atoms with Crippen molar-refractivity contribution in [2.24, 2.45) is 4.99 Å². The van der Waals surface area contributed by atoms with Crippen LogP contribution in [0.25, 0.3) is 0 Å². The Balaban J connectivity index is 1.95. The molecule has 1 aliphatic heterocycles. The molecule has 1 aliphatic rings. The highest BCUT2D eigenvalue weighted by molar-refractivity contribution is 5.83. The molecule has 0 fully saturated rings. The molecule has 1 heterocycles. The van der Waals surface area contributed by atoms with Gasteiger partial charge in [-0.1, -0.05) is 0 Å². The third kappa shape index (κ3) is 3.72. The van der Waals surface area contributed by atoms with Gasteiger partial charge in [0.1, 0.15) is 0 Å². The second-order valence-corrected chi connectivity index (χ2v) is 3.28. The maximum atomic E-state index is 5.38. The fourth-order valence-corrected chi connectivity index (χ4v) is 1.17. The molecular weight excluding hydrogens is 152 g/mol. The van der Waals surface area contributed by atoms with Gasteiger partial charge in [0, 0.05) is 19.5 Å². The van der Waals surface area contributed by atoms with Gasteiger partial charge in [0.25, 0.3) is 0 Å². The minimum absolute atomic E-state index is 0.331. The Morgan fingerprint density at radius 2 is 2.42 bits per heavy atom. The molecule has 0 aromatic heterocycles. The van der Waals surface area contributed by atoms with Gasteiger partial charge in [0.2, 0.25) is 0 Å². The van der Waals surface area contributed by atoms with E-state index in [1.54, 1.807) is 0 Å². The lowest BCUT2D eigenvalue weighted by Gasteiger charge is -2.08. The van der Waals surface area contributed by atoms with E-state index in [1.807, 2.05) is 13.8 Å². The number of hydrogen-bond donors (Lipinski definition) is 1. The number of nitrogens with one attached hydrogen (secondary N) is 1. The molecule has 0 aliphatic carbocycles. The van der Waals surface area contributed by atoms with Crippen molar-refractivity contribution in [2.45, 2.75) is 32.8 Å². The molecule has 70 valence electrons. The molecule has 0 amide bonds. The van der Waals surface area contributed by atoms with Crippen molar-refractivity contribution >= 4 is 5.84 Å². The van der Waals surface area contributed by atoms with Gasteiger partial charge in [0.15, 0.2) is 0 Å². The third-order valence-electron chi connectivity index (χ3n) is 1.76. The van der Waals surface area contributed by atoms with E-state index in [0.717, 1.165) is 32.0 Å². The maximum absolute atomic E-state index is 5.38. The largest absolute Gasteiger partial charge is 0.377 e. The number of amidine groups is 1. The zero-order chi connectivity index (χ0) is 8.81. The molecule has 0 atom stereocenters. The molecule has 0 saturated heterocycles. The number of aliphatic imine (C=N–C) groups is 1. The van der Waals surface area contributed by atoms with Crippen LogP contribution >= 0.6 is 0 Å². The first kappa shape index (κ1) is 9.52. The lowest BCUT2D eigenvalue weighted by atomic mass is 10.3. The van der Waals surface area contributed by atoms with Crippen molar-refractivity contribution in [3.8, 4) is 0 Å². The Morgan fingerprint density at radius 1 is 1.58 bits per heavy atom. The second kappa shape index (κ2) is 5.14. The fourth-order valence-electron chi connectivity index (χ4n) is 1.17. The number of nitrogens with zero attached hydrogens (tertiary/aromatic N) is 1. The Hall–Kier alpha value is -0.570. The highest BCUT2D eigenvalue weighted by atomic mass is 16.5. The van der Waals surface area contributed by atoms with Crippen LogP contribution in [0.2, 0.25) is 0 Å². The number of hydrogen-bond acceptors (Lipinski definition) is 3. The monoisotopic (exact) mass is 170 g/mol. The van der Waals surface area contributed by atoms with Gasteiger partial charge in [0.05, 0.1) is 18.5 Å². The number of rotatable bonds is 4. The molecule has 3 nitrogen and oxygen atoms in total. The van der Waals surface area contributed by atoms with Crippen molar-refractivity contribution in [1.29, 1.82) is 0 Å². The second-order valence-electron chi connectivity index (χ2n) is 3.28. The molecule has 0 unspecified atom stereocenters. The molecule has 0 radical (unpaired) electrons. The first-order chi connectivity index (χ1) is 5.79. The van der Waals surface area contributed by atoms with Crippen molar-refractivity contribution in [3.63, 3.8) is 0 Å². The minimum Gasteiger partial charge on any atom is -0.377 e. The zero-order valence-corrected chi connectivity index (χ0v) is 7.97. The first-order valence-corrected chi connectivity index (χ1v) is 4.68. The van der Waals surface area contributed by atoms with E-state index in [0.29, 0.717) is 6.10 Å². The van der Waals surface area contributed by atoms with Gasteiger partial charge < -0.3 is 10.1 Å². The summed E-state index contributed by atoms with van der Waals surface area (Å²) in [6, 6.07) is 0. The Morgan fingerprint density at radius 3 is 3.00 bits per heavy atom. The summed E-state index contributed by atoms with van der Waals surface area (Å²) in [5.74, 6) is 1.15. The van der Waals surface area contributed by atoms with Crippen molar-refractivity contribution in [1.82, 2.24) is 5.32 Å². The first-order valence-electron chi connectivity index (χ1n) is 4.68. The standard InChI is InChI=1S/C9H18N2O/c1-8(2)12-7-6-11-9-4-3-5-10-9/h8H,3-7H2,1-2H3,(H,10,11). The summed E-state index contributed by atoms with van der Waals surface area (Å²) in [6.07, 6.45) is 2.65. The molecule has 0 spiro atoms. The predicted octanol–water partition coefficient (Wildman–Crippen LogP) is 1.19. The Labute approximate surface area is 74.2 Å². The topological polar surface area (TPSA) is 33.6 Å². The van der Waals surface area contributed by atoms with E-state index in [9.17, 15) is 0 Å². The Kier molecular flexibility index (Phi) is 4.08. The van der Waals surface area contributed by atoms with Crippen molar-refractivity contribution < 1.29 is 4.74 Å². The summed E-state index contributed by atoms with van der Waals surface area (Å²) in [5, 5.41) is 3.26. The Bertz CT molecular complexity index is 155. The smallest absolute Gasteiger partial charge is 0.0964 e. The van der Waals surface area contributed by atoms with Gasteiger partial charge in [-0.3, -0.25) is 4.99 Å². The SMILES string of the molecule is CC(C)OCCNC1=NCCC1. The normalized spacial score (nSPS) is 16.8. The summed E-state index contributed by atoms with van der Waals surface area (Å²) in [6.45, 7) is 6.75. The molecule has 12 heavy (non-hydrogen) atoms. The van der Waals surface area contributed by atoms with Gasteiger partial charge >= 0.3 is 0 Å². The van der Waals surface area contributed by atoms with Gasteiger partial charge in [-0.25, -0.2) is 0 Å². The van der Waals surface area contributed by atoms with Gasteiger partial charge in [-0.15, -0.1) is 0 Å². The van der Waals surface area contributed by atoms with Crippen LogP contribution in [0.4, 0.5) is 0 Å². The summed E-state index contributed by atoms with van der Waals surface area (Å²) >= 11 is 0. The molecule has 0 bridgehead atoms. The van der Waals surface area contributed by atoms with Crippen LogP contribution in [0.3, 0.4) is 0 Å². The van der Waals surface area contributed by atoms with Gasteiger partial charge in [-0.2, -0.15) is 0 Å². The lowest BCUT2D eigenvalue weighted by Crippen LogP contribution is -2.26. The van der Waals surface area contributed by atoms with Crippen molar-refractivity contribution in [3.05, 3.63) is 0 Å². The van der Waals surface area contributed by atoms with E-state index in [2.05, 4.69) is 10.3 Å². The minimum atomic E-state index is 0.331. The fraction of sp³-hybridized carbons (Fsp3) is 0.889. The van der Waals surface area contributed by atoms with Crippen molar-refractivity contribution in [2.75, 3.05) is 19.7 Å². The summed E-state index contributed by atoms with van der Waals surface area (Å²) in [7, 11) is 0. The molecular formula is C9H18N2O. The predicted molar refractivity (Wildman–Crippen MR) is 50.6 cm³/mol. The summed E-state index contributed by atoms with van der Waals surface area (Å²) in [4.78, 5) is 4.30. The average Bonchev–Trinajstić information content (AvgIpc) is 2.49. The molecule has 1 rings (SSSR count). The zero-order valence-electron chi connectivity index (χ0n) is 7.97. The lowest BCUT2D eigenvalue weighted by molar-refractivity contribution is 0.0830. The van der Waals surface area contributed by atoms with E-state index in [4.69, 9.17) is 4.74 Å². The van der Waals surface area contributed by atoms with E-state index in [1.165, 1.54) is 6.42 Å². The van der Waals surface area contributed by atoms with Crippen LogP contribution in [0, 0.1) is 0 Å². The van der Waals surface area contributed by atoms with Gasteiger partial charge in [-0.05, 0) is 20.3 Å². The van der Waals surface area contributed by atoms with Crippen LogP contribution in [0.1, 0.15) is 26.7 Å². The molecule has 3 heteroatoms. The van der Waals surface area contributed by atoms with Crippen LogP contribution in [-0.4, -0.2) is 31.6 Å². The highest BCUT2D eigenvalue weighted by Gasteiger charge is 2.04. The molecule has 0 aromatic rings. The van der Waals surface area contributed by atoms with E-state index >= 15 is 0 Å². The van der Waals surface area contributed by atoms with Crippen LogP contribution in [0.15, 0.2) is 4.99 Å². The number of ether oxygens (including phenoxy) is 1. The molecule has 0 aromatic carbocycles. The van der Waals surface area contributed by atoms with E-state index < -0.39 is 0 Å². The summed E-state index contributed by atoms with van der Waals surface area (Å²) in [5.41, 5.74) is 0. The molecule has 1 N–H and O–H groups in total. The van der Waals surface area contributed by atoms with E-state index in [-0.39, 0.29) is 0 Å². The van der Waals surface area contributed by atoms with Crippen LogP contribution in [0.5, 0.6) is 0 Å².